The highest BCUT2D eigenvalue weighted by Crippen LogP contribution is 2.29. The normalized spacial score (nSPS) is 12.0. The number of aryl methyl sites for hydroxylation is 2. The fourth-order valence-corrected chi connectivity index (χ4v) is 6.43. The average Bonchev–Trinajstić information content (AvgIpc) is 3.03. The van der Waals surface area contributed by atoms with Gasteiger partial charge in [-0.3, -0.25) is 13.9 Å². The zero-order valence-corrected chi connectivity index (χ0v) is 28.0. The number of nitrogens with zero attached hydrogens (tertiary/aromatic N) is 2. The number of nitrogens with one attached hydrogen (secondary N) is 1. The smallest absolute Gasteiger partial charge is 0.264 e. The molecule has 0 unspecified atom stereocenters. The van der Waals surface area contributed by atoms with Crippen LogP contribution in [-0.4, -0.2) is 44.3 Å². The van der Waals surface area contributed by atoms with Crippen molar-refractivity contribution in [1.29, 1.82) is 0 Å². The molecule has 0 saturated heterocycles. The predicted octanol–water partition coefficient (Wildman–Crippen LogP) is 6.87. The first-order chi connectivity index (χ1) is 22.0. The molecule has 1 N–H and O–H groups in total. The highest BCUT2D eigenvalue weighted by atomic mass is 32.2. The first kappa shape index (κ1) is 34.2. The van der Waals surface area contributed by atoms with Crippen LogP contribution < -0.4 is 14.4 Å². The zero-order valence-electron chi connectivity index (χ0n) is 27.1. The van der Waals surface area contributed by atoms with E-state index < -0.39 is 28.5 Å². The Bertz CT molecular complexity index is 1710. The van der Waals surface area contributed by atoms with Crippen LogP contribution in [0.4, 0.5) is 5.69 Å². The lowest BCUT2D eigenvalue weighted by Crippen LogP contribution is -2.52. The van der Waals surface area contributed by atoms with Gasteiger partial charge >= 0.3 is 0 Å². The van der Waals surface area contributed by atoms with Crippen molar-refractivity contribution in [2.24, 2.45) is 5.92 Å². The van der Waals surface area contributed by atoms with Crippen LogP contribution in [0.2, 0.25) is 0 Å². The molecule has 4 rings (SSSR count). The summed E-state index contributed by atoms with van der Waals surface area (Å²) in [5, 5.41) is 2.96. The Kier molecular flexibility index (Phi) is 11.6. The monoisotopic (exact) mass is 641 g/mol. The molecule has 46 heavy (non-hydrogen) atoms. The van der Waals surface area contributed by atoms with Gasteiger partial charge in [-0.05, 0) is 80.3 Å². The quantitative estimate of drug-likeness (QED) is 0.162. The second-order valence-electron chi connectivity index (χ2n) is 11.8. The van der Waals surface area contributed by atoms with Gasteiger partial charge in [-0.1, -0.05) is 86.5 Å². The molecule has 4 aromatic carbocycles. The largest absolute Gasteiger partial charge is 0.457 e. The highest BCUT2D eigenvalue weighted by molar-refractivity contribution is 7.92. The van der Waals surface area contributed by atoms with Gasteiger partial charge in [-0.25, -0.2) is 8.42 Å². The predicted molar refractivity (Wildman–Crippen MR) is 182 cm³/mol. The van der Waals surface area contributed by atoms with Crippen LogP contribution in [0.25, 0.3) is 0 Å². The van der Waals surface area contributed by atoms with Crippen molar-refractivity contribution in [3.63, 3.8) is 0 Å². The number of carbonyl (C=O) groups is 2. The Morgan fingerprint density at radius 3 is 2.07 bits per heavy atom. The van der Waals surface area contributed by atoms with E-state index in [1.807, 2.05) is 89.2 Å². The molecular formula is C37H43N3O5S. The minimum atomic E-state index is -4.18. The molecule has 0 aliphatic carbocycles. The molecule has 0 heterocycles. The van der Waals surface area contributed by atoms with Crippen LogP contribution in [0.1, 0.15) is 43.9 Å². The van der Waals surface area contributed by atoms with Crippen molar-refractivity contribution in [1.82, 2.24) is 10.2 Å². The van der Waals surface area contributed by atoms with Crippen molar-refractivity contribution >= 4 is 27.5 Å². The first-order valence-corrected chi connectivity index (χ1v) is 17.0. The van der Waals surface area contributed by atoms with Crippen LogP contribution >= 0.6 is 0 Å². The lowest BCUT2D eigenvalue weighted by Gasteiger charge is -2.33. The third kappa shape index (κ3) is 8.97. The minimum absolute atomic E-state index is 0.0578. The molecule has 9 heteroatoms. The fourth-order valence-electron chi connectivity index (χ4n) is 5.02. The van der Waals surface area contributed by atoms with Crippen LogP contribution in [0.15, 0.2) is 108 Å². The second kappa shape index (κ2) is 15.6. The first-order valence-electron chi connectivity index (χ1n) is 15.5. The SMILES string of the molecule is CC[C@@H](C(=O)NCC(C)C)N(Cc1cccc(C)c1)C(=O)CN(c1ccc(Oc2ccccc2)cc1)S(=O)(=O)c1ccc(C)cc1. The van der Waals surface area contributed by atoms with Crippen molar-refractivity contribution in [3.05, 3.63) is 120 Å². The maximum absolute atomic E-state index is 14.3. The summed E-state index contributed by atoms with van der Waals surface area (Å²) in [6, 6.07) is 29.3. The lowest BCUT2D eigenvalue weighted by atomic mass is 10.1. The number of carbonyl (C=O) groups excluding carboxylic acids is 2. The van der Waals surface area contributed by atoms with Gasteiger partial charge in [-0.15, -0.1) is 0 Å². The van der Waals surface area contributed by atoms with Gasteiger partial charge in [-0.2, -0.15) is 0 Å². The third-order valence-corrected chi connectivity index (χ3v) is 9.29. The molecule has 0 radical (unpaired) electrons. The number of amides is 2. The summed E-state index contributed by atoms with van der Waals surface area (Å²) in [5.74, 6) is 0.623. The molecule has 2 amide bonds. The summed E-state index contributed by atoms with van der Waals surface area (Å²) in [6.07, 6.45) is 0.359. The molecule has 8 nitrogen and oxygen atoms in total. The Labute approximate surface area is 273 Å². The van der Waals surface area contributed by atoms with E-state index in [-0.39, 0.29) is 23.3 Å². The van der Waals surface area contributed by atoms with Crippen LogP contribution in [0, 0.1) is 19.8 Å². The molecular weight excluding hydrogens is 598 g/mol. The molecule has 4 aromatic rings. The highest BCUT2D eigenvalue weighted by Gasteiger charge is 2.33. The van der Waals surface area contributed by atoms with E-state index in [4.69, 9.17) is 4.74 Å². The fraction of sp³-hybridized carbons (Fsp3) is 0.297. The van der Waals surface area contributed by atoms with Crippen LogP contribution in [-0.2, 0) is 26.2 Å². The summed E-state index contributed by atoms with van der Waals surface area (Å²) in [6.45, 7) is 9.80. The maximum Gasteiger partial charge on any atom is 0.264 e. The molecule has 0 saturated carbocycles. The number of sulfonamides is 1. The van der Waals surface area contributed by atoms with Crippen molar-refractivity contribution in [2.45, 2.75) is 58.5 Å². The summed E-state index contributed by atoms with van der Waals surface area (Å²) in [4.78, 5) is 29.3. The topological polar surface area (TPSA) is 96.0 Å². The molecule has 0 spiro atoms. The van der Waals surface area contributed by atoms with Gasteiger partial charge in [0.05, 0.1) is 10.6 Å². The lowest BCUT2D eigenvalue weighted by molar-refractivity contribution is -0.140. The number of anilines is 1. The molecule has 242 valence electrons. The van der Waals surface area contributed by atoms with Crippen molar-refractivity contribution in [3.8, 4) is 11.5 Å². The van der Waals surface area contributed by atoms with Gasteiger partial charge in [0, 0.05) is 13.1 Å². The van der Waals surface area contributed by atoms with Gasteiger partial charge in [0.25, 0.3) is 10.0 Å². The number of para-hydroxylation sites is 1. The average molecular weight is 642 g/mol. The third-order valence-electron chi connectivity index (χ3n) is 7.50. The maximum atomic E-state index is 14.3. The van der Waals surface area contributed by atoms with E-state index in [2.05, 4.69) is 5.32 Å². The number of rotatable bonds is 14. The van der Waals surface area contributed by atoms with E-state index in [0.717, 1.165) is 21.0 Å². The van der Waals surface area contributed by atoms with E-state index in [0.29, 0.717) is 30.2 Å². The summed E-state index contributed by atoms with van der Waals surface area (Å²) in [7, 11) is -4.18. The van der Waals surface area contributed by atoms with Gasteiger partial charge < -0.3 is 15.0 Å². The number of hydrogen-bond donors (Lipinski definition) is 1. The van der Waals surface area contributed by atoms with Gasteiger partial charge in [0.15, 0.2) is 0 Å². The van der Waals surface area contributed by atoms with Crippen LogP contribution in [0.3, 0.4) is 0 Å². The Balaban J connectivity index is 1.72. The zero-order chi connectivity index (χ0) is 33.3. The van der Waals surface area contributed by atoms with E-state index in [9.17, 15) is 18.0 Å². The molecule has 0 fully saturated rings. The Morgan fingerprint density at radius 1 is 0.804 bits per heavy atom. The molecule has 1 atom stereocenters. The number of hydrogen-bond acceptors (Lipinski definition) is 5. The molecule has 0 bridgehead atoms. The standard InChI is InChI=1S/C37H43N3O5S/c1-6-35(37(42)38-24-27(2)3)39(25-30-12-10-11-29(5)23-30)36(41)26-40(46(43,44)34-21-15-28(4)16-22-34)31-17-19-33(20-18-31)45-32-13-8-7-9-14-32/h7-23,27,35H,6,24-26H2,1-5H3,(H,38,42)/t35-/m0/s1. The van der Waals surface area contributed by atoms with E-state index >= 15 is 0 Å². The van der Waals surface area contributed by atoms with Gasteiger partial charge in [0.1, 0.15) is 24.1 Å². The van der Waals surface area contributed by atoms with Gasteiger partial charge in [0.2, 0.25) is 11.8 Å². The van der Waals surface area contributed by atoms with Crippen molar-refractivity contribution < 1.29 is 22.7 Å². The van der Waals surface area contributed by atoms with E-state index in [1.165, 1.54) is 17.0 Å². The summed E-state index contributed by atoms with van der Waals surface area (Å²) < 4.78 is 35.4. The molecule has 0 aliphatic heterocycles. The van der Waals surface area contributed by atoms with Crippen molar-refractivity contribution in [2.75, 3.05) is 17.4 Å². The minimum Gasteiger partial charge on any atom is -0.457 e. The Morgan fingerprint density at radius 2 is 1.46 bits per heavy atom. The van der Waals surface area contributed by atoms with Crippen LogP contribution in [0.5, 0.6) is 11.5 Å². The number of benzene rings is 4. The second-order valence-corrected chi connectivity index (χ2v) is 13.7. The molecule has 0 aromatic heterocycles. The molecule has 0 aliphatic rings. The Hall–Kier alpha value is -4.63. The summed E-state index contributed by atoms with van der Waals surface area (Å²) in [5.41, 5.74) is 3.07. The summed E-state index contributed by atoms with van der Waals surface area (Å²) >= 11 is 0. The number of ether oxygens (including phenoxy) is 1. The van der Waals surface area contributed by atoms with E-state index in [1.54, 1.807) is 36.4 Å².